The minimum atomic E-state index is 1.00. The summed E-state index contributed by atoms with van der Waals surface area (Å²) in [6.07, 6.45) is 15.0. The zero-order valence-electron chi connectivity index (χ0n) is 10.2. The highest BCUT2D eigenvalue weighted by atomic mass is 14.7. The van der Waals surface area contributed by atoms with E-state index in [2.05, 4.69) is 24.3 Å². The standard InChI is InChI=1S/C17H20/c1-2-9-5-8(1)14-12-7-13(15(9)14)17-11-4-3-10(6-11)16(12)17/h1-4,8-17H,5-7H2/t8-,9+,10+,11-,12?,13?,14+,15-,16-,17+. The van der Waals surface area contributed by atoms with Crippen LogP contribution in [0.3, 0.4) is 0 Å². The van der Waals surface area contributed by atoms with Gasteiger partial charge in [0, 0.05) is 0 Å². The van der Waals surface area contributed by atoms with E-state index in [1.54, 1.807) is 6.42 Å². The van der Waals surface area contributed by atoms with E-state index in [0.717, 1.165) is 59.2 Å². The quantitative estimate of drug-likeness (QED) is 0.436. The summed E-state index contributed by atoms with van der Waals surface area (Å²) >= 11 is 0. The molecule has 0 heteroatoms. The second-order valence-corrected chi connectivity index (χ2v) is 7.77. The topological polar surface area (TPSA) is 0 Å². The minimum absolute atomic E-state index is 1.00. The Morgan fingerprint density at radius 3 is 1.18 bits per heavy atom. The molecule has 88 valence electrons. The van der Waals surface area contributed by atoms with Gasteiger partial charge in [0.25, 0.3) is 0 Å². The first-order chi connectivity index (χ1) is 8.42. The van der Waals surface area contributed by atoms with Crippen LogP contribution in [0.5, 0.6) is 0 Å². The average Bonchev–Trinajstić information content (AvgIpc) is 3.14. The van der Waals surface area contributed by atoms with Crippen molar-refractivity contribution in [2.24, 2.45) is 59.2 Å². The molecule has 4 fully saturated rings. The molecule has 0 radical (unpaired) electrons. The summed E-state index contributed by atoms with van der Waals surface area (Å²) in [5.74, 6) is 10.8. The first kappa shape index (κ1) is 8.56. The zero-order chi connectivity index (χ0) is 10.7. The van der Waals surface area contributed by atoms with Gasteiger partial charge in [0.15, 0.2) is 0 Å². The Morgan fingerprint density at radius 1 is 0.471 bits per heavy atom. The lowest BCUT2D eigenvalue weighted by Gasteiger charge is -2.42. The van der Waals surface area contributed by atoms with E-state index < -0.39 is 0 Å². The molecule has 17 heavy (non-hydrogen) atoms. The molecule has 6 rings (SSSR count). The summed E-state index contributed by atoms with van der Waals surface area (Å²) in [4.78, 5) is 0. The van der Waals surface area contributed by atoms with Gasteiger partial charge in [0.05, 0.1) is 0 Å². The van der Waals surface area contributed by atoms with E-state index in [1.165, 1.54) is 12.8 Å². The van der Waals surface area contributed by atoms with Gasteiger partial charge in [-0.2, -0.15) is 0 Å². The molecule has 2 unspecified atom stereocenters. The van der Waals surface area contributed by atoms with Gasteiger partial charge in [-0.1, -0.05) is 24.3 Å². The van der Waals surface area contributed by atoms with Crippen LogP contribution in [0.15, 0.2) is 24.3 Å². The summed E-state index contributed by atoms with van der Waals surface area (Å²) in [5, 5.41) is 0. The van der Waals surface area contributed by atoms with Crippen LogP contribution in [0.4, 0.5) is 0 Å². The van der Waals surface area contributed by atoms with Gasteiger partial charge >= 0.3 is 0 Å². The van der Waals surface area contributed by atoms with Crippen LogP contribution < -0.4 is 0 Å². The van der Waals surface area contributed by atoms with Crippen LogP contribution in [0, 0.1) is 59.2 Å². The molecule has 6 aliphatic carbocycles. The van der Waals surface area contributed by atoms with Crippen molar-refractivity contribution in [1.82, 2.24) is 0 Å². The summed E-state index contributed by atoms with van der Waals surface area (Å²) in [7, 11) is 0. The van der Waals surface area contributed by atoms with Crippen molar-refractivity contribution in [1.29, 1.82) is 0 Å². The van der Waals surface area contributed by atoms with Gasteiger partial charge in [-0.3, -0.25) is 0 Å². The monoisotopic (exact) mass is 224 g/mol. The van der Waals surface area contributed by atoms with Crippen molar-refractivity contribution in [2.75, 3.05) is 0 Å². The molecule has 4 saturated carbocycles. The number of allylic oxidation sites excluding steroid dienone is 4. The van der Waals surface area contributed by atoms with Gasteiger partial charge in [-0.05, 0) is 78.4 Å². The Kier molecular flexibility index (Phi) is 1.23. The Balaban J connectivity index is 1.51. The first-order valence-electron chi connectivity index (χ1n) is 7.78. The van der Waals surface area contributed by atoms with Crippen molar-refractivity contribution >= 4 is 0 Å². The highest BCUT2D eigenvalue weighted by Crippen LogP contribution is 2.74. The molecule has 10 atom stereocenters. The van der Waals surface area contributed by atoms with Crippen LogP contribution in [-0.4, -0.2) is 0 Å². The van der Waals surface area contributed by atoms with Gasteiger partial charge in [0.1, 0.15) is 0 Å². The second-order valence-electron chi connectivity index (χ2n) is 7.77. The molecule has 0 heterocycles. The molecule has 0 spiro atoms. The van der Waals surface area contributed by atoms with Crippen molar-refractivity contribution in [3.05, 3.63) is 24.3 Å². The number of hydrogen-bond donors (Lipinski definition) is 0. The predicted octanol–water partition coefficient (Wildman–Crippen LogP) is 3.51. The second kappa shape index (κ2) is 2.44. The SMILES string of the molecule is C1=C[C@H]2C[C@@H]1[C@H]1C3CC([C@H]12)[C@H]1[C@@H]3[C@H]2C=C[C@@H]1C2. The van der Waals surface area contributed by atoms with Crippen molar-refractivity contribution in [3.8, 4) is 0 Å². The molecular weight excluding hydrogens is 204 g/mol. The fourth-order valence-corrected chi connectivity index (χ4v) is 7.66. The lowest BCUT2D eigenvalue weighted by Crippen LogP contribution is -2.38. The fraction of sp³-hybridized carbons (Fsp3) is 0.765. The summed E-state index contributed by atoms with van der Waals surface area (Å²) in [5.41, 5.74) is 0. The summed E-state index contributed by atoms with van der Waals surface area (Å²) < 4.78 is 0. The highest BCUT2D eigenvalue weighted by Gasteiger charge is 2.68. The maximum absolute atomic E-state index is 2.59. The van der Waals surface area contributed by atoms with Crippen LogP contribution >= 0.6 is 0 Å². The molecule has 0 aromatic carbocycles. The van der Waals surface area contributed by atoms with Crippen LogP contribution in [-0.2, 0) is 0 Å². The van der Waals surface area contributed by atoms with Crippen LogP contribution in [0.25, 0.3) is 0 Å². The average molecular weight is 224 g/mol. The van der Waals surface area contributed by atoms with E-state index in [-0.39, 0.29) is 0 Å². The molecule has 6 bridgehead atoms. The predicted molar refractivity (Wildman–Crippen MR) is 67.0 cm³/mol. The fourth-order valence-electron chi connectivity index (χ4n) is 7.66. The van der Waals surface area contributed by atoms with Gasteiger partial charge in [-0.25, -0.2) is 0 Å². The normalized spacial score (nSPS) is 71.5. The number of rotatable bonds is 0. The van der Waals surface area contributed by atoms with E-state index in [0.29, 0.717) is 0 Å². The summed E-state index contributed by atoms with van der Waals surface area (Å²) in [6.45, 7) is 0. The number of fused-ring (bicyclic) bond motifs is 16. The Morgan fingerprint density at radius 2 is 0.824 bits per heavy atom. The van der Waals surface area contributed by atoms with Gasteiger partial charge in [0.2, 0.25) is 0 Å². The molecule has 0 nitrogen and oxygen atoms in total. The van der Waals surface area contributed by atoms with Crippen LogP contribution in [0.2, 0.25) is 0 Å². The molecule has 0 N–H and O–H groups in total. The van der Waals surface area contributed by atoms with Crippen molar-refractivity contribution in [3.63, 3.8) is 0 Å². The van der Waals surface area contributed by atoms with Crippen LogP contribution in [0.1, 0.15) is 19.3 Å². The van der Waals surface area contributed by atoms with E-state index in [9.17, 15) is 0 Å². The smallest absolute Gasteiger partial charge is 0.0194 e. The molecule has 0 saturated heterocycles. The molecule has 0 aromatic heterocycles. The largest absolute Gasteiger partial charge is 0.0848 e. The Hall–Kier alpha value is -0.520. The lowest BCUT2D eigenvalue weighted by atomic mass is 9.62. The number of hydrogen-bond acceptors (Lipinski definition) is 0. The molecular formula is C17H20. The van der Waals surface area contributed by atoms with Crippen molar-refractivity contribution < 1.29 is 0 Å². The van der Waals surface area contributed by atoms with E-state index >= 15 is 0 Å². The minimum Gasteiger partial charge on any atom is -0.0848 e. The maximum Gasteiger partial charge on any atom is -0.0194 e. The first-order valence-corrected chi connectivity index (χ1v) is 7.78. The summed E-state index contributed by atoms with van der Waals surface area (Å²) in [6, 6.07) is 0. The molecule has 6 aliphatic rings. The van der Waals surface area contributed by atoms with E-state index in [4.69, 9.17) is 0 Å². The molecule has 0 aromatic rings. The highest BCUT2D eigenvalue weighted by molar-refractivity contribution is 5.27. The molecule has 0 amide bonds. The van der Waals surface area contributed by atoms with Crippen molar-refractivity contribution in [2.45, 2.75) is 19.3 Å². The van der Waals surface area contributed by atoms with E-state index in [1.807, 2.05) is 0 Å². The third-order valence-corrected chi connectivity index (χ3v) is 7.69. The third-order valence-electron chi connectivity index (χ3n) is 7.69. The molecule has 0 aliphatic heterocycles. The lowest BCUT2D eigenvalue weighted by molar-refractivity contribution is 0.0811. The Bertz CT molecular complexity index is 381. The van der Waals surface area contributed by atoms with Gasteiger partial charge < -0.3 is 0 Å². The Labute approximate surface area is 103 Å². The third kappa shape index (κ3) is 0.744. The maximum atomic E-state index is 2.59. The van der Waals surface area contributed by atoms with Gasteiger partial charge in [-0.15, -0.1) is 0 Å². The zero-order valence-corrected chi connectivity index (χ0v) is 10.2.